The number of aromatic nitrogens is 3. The zero-order valence-electron chi connectivity index (χ0n) is 14.6. The molecule has 7 nitrogen and oxygen atoms in total. The second kappa shape index (κ2) is 7.94. The molecular formula is C19H19ClN4O3. The van der Waals surface area contributed by atoms with Crippen LogP contribution in [-0.4, -0.2) is 40.5 Å². The number of halogens is 1. The molecule has 2 aromatic heterocycles. The van der Waals surface area contributed by atoms with E-state index in [2.05, 4.69) is 15.4 Å². The van der Waals surface area contributed by atoms with Crippen LogP contribution in [-0.2, 0) is 16.1 Å². The van der Waals surface area contributed by atoms with Crippen LogP contribution in [0.5, 0.6) is 5.75 Å². The molecule has 0 spiro atoms. The number of hydrogen-bond donors (Lipinski definition) is 1. The first-order valence-corrected chi connectivity index (χ1v) is 9.14. The Hall–Kier alpha value is -2.64. The largest absolute Gasteiger partial charge is 0.481 e. The van der Waals surface area contributed by atoms with Gasteiger partial charge in [0.25, 0.3) is 5.91 Å². The number of ether oxygens (including phenoxy) is 2. The van der Waals surface area contributed by atoms with Crippen LogP contribution in [0.25, 0.3) is 10.9 Å². The zero-order chi connectivity index (χ0) is 18.6. The fourth-order valence-electron chi connectivity index (χ4n) is 3.11. The maximum Gasteiger partial charge on any atom is 0.263 e. The highest BCUT2D eigenvalue weighted by atomic mass is 35.5. The van der Waals surface area contributed by atoms with E-state index < -0.39 is 0 Å². The lowest BCUT2D eigenvalue weighted by Gasteiger charge is -2.13. The summed E-state index contributed by atoms with van der Waals surface area (Å²) >= 11 is 6.18. The minimum atomic E-state index is -0.265. The predicted molar refractivity (Wildman–Crippen MR) is 102 cm³/mol. The van der Waals surface area contributed by atoms with Crippen molar-refractivity contribution in [2.75, 3.05) is 25.1 Å². The molecule has 3 aromatic rings. The first-order valence-electron chi connectivity index (χ1n) is 8.76. The monoisotopic (exact) mass is 386 g/mol. The van der Waals surface area contributed by atoms with Crippen LogP contribution < -0.4 is 10.1 Å². The standard InChI is InChI=1S/C19H19ClN4O3/c20-15-3-4-16(19-14(15)2-1-7-21-19)27-12-18(25)23-17-5-8-22-24(17)10-13-6-9-26-11-13/h1-5,7-8,13H,6,9-12H2,(H,23,25). The molecule has 1 fully saturated rings. The molecular weight excluding hydrogens is 368 g/mol. The highest BCUT2D eigenvalue weighted by Gasteiger charge is 2.18. The Bertz CT molecular complexity index is 953. The summed E-state index contributed by atoms with van der Waals surface area (Å²) in [7, 11) is 0. The maximum absolute atomic E-state index is 12.3. The van der Waals surface area contributed by atoms with Crippen LogP contribution in [0.1, 0.15) is 6.42 Å². The van der Waals surface area contributed by atoms with Gasteiger partial charge in [-0.25, -0.2) is 4.68 Å². The van der Waals surface area contributed by atoms with Gasteiger partial charge in [-0.3, -0.25) is 9.78 Å². The number of amides is 1. The zero-order valence-corrected chi connectivity index (χ0v) is 15.4. The predicted octanol–water partition coefficient (Wildman–Crippen LogP) is 3.14. The number of hydrogen-bond acceptors (Lipinski definition) is 5. The van der Waals surface area contributed by atoms with Gasteiger partial charge < -0.3 is 14.8 Å². The van der Waals surface area contributed by atoms with Gasteiger partial charge in [0.2, 0.25) is 0 Å². The number of fused-ring (bicyclic) bond motifs is 1. The number of nitrogens with zero attached hydrogens (tertiary/aromatic N) is 3. The number of pyridine rings is 1. The summed E-state index contributed by atoms with van der Waals surface area (Å²) in [5.41, 5.74) is 0.629. The molecule has 1 saturated heterocycles. The fraction of sp³-hybridized carbons (Fsp3) is 0.316. The van der Waals surface area contributed by atoms with Gasteiger partial charge in [0.15, 0.2) is 6.61 Å². The van der Waals surface area contributed by atoms with Gasteiger partial charge in [0, 0.05) is 36.7 Å². The molecule has 27 heavy (non-hydrogen) atoms. The van der Waals surface area contributed by atoms with Crippen LogP contribution >= 0.6 is 11.6 Å². The highest BCUT2D eigenvalue weighted by Crippen LogP contribution is 2.29. The van der Waals surface area contributed by atoms with E-state index in [4.69, 9.17) is 21.1 Å². The summed E-state index contributed by atoms with van der Waals surface area (Å²) < 4.78 is 12.9. The molecule has 1 aromatic carbocycles. The Labute approximate surface area is 161 Å². The summed E-state index contributed by atoms with van der Waals surface area (Å²) in [4.78, 5) is 16.6. The van der Waals surface area contributed by atoms with E-state index in [0.29, 0.717) is 28.0 Å². The summed E-state index contributed by atoms with van der Waals surface area (Å²) in [5.74, 6) is 1.32. The van der Waals surface area contributed by atoms with Gasteiger partial charge in [-0.15, -0.1) is 0 Å². The molecule has 4 rings (SSSR count). The number of carbonyl (C=O) groups excluding carboxylic acids is 1. The van der Waals surface area contributed by atoms with Crippen LogP contribution in [0, 0.1) is 5.92 Å². The van der Waals surface area contributed by atoms with Crippen molar-refractivity contribution in [3.63, 3.8) is 0 Å². The van der Waals surface area contributed by atoms with Crippen molar-refractivity contribution in [2.45, 2.75) is 13.0 Å². The Balaban J connectivity index is 1.40. The first kappa shape index (κ1) is 17.8. The van der Waals surface area contributed by atoms with Crippen LogP contribution in [0.15, 0.2) is 42.7 Å². The molecule has 0 bridgehead atoms. The third-order valence-corrected chi connectivity index (χ3v) is 4.81. The number of rotatable bonds is 6. The van der Waals surface area contributed by atoms with Gasteiger partial charge >= 0.3 is 0 Å². The van der Waals surface area contributed by atoms with Gasteiger partial charge in [-0.1, -0.05) is 11.6 Å². The maximum atomic E-state index is 12.3. The average molecular weight is 387 g/mol. The molecule has 0 aliphatic carbocycles. The smallest absolute Gasteiger partial charge is 0.263 e. The SMILES string of the molecule is O=C(COc1ccc(Cl)c2cccnc12)Nc1ccnn1CC1CCOC1. The molecule has 3 heterocycles. The van der Waals surface area contributed by atoms with E-state index in [1.54, 1.807) is 41.3 Å². The number of carbonyl (C=O) groups is 1. The summed E-state index contributed by atoms with van der Waals surface area (Å²) in [6.07, 6.45) is 4.34. The molecule has 8 heteroatoms. The van der Waals surface area contributed by atoms with Crippen LogP contribution in [0.3, 0.4) is 0 Å². The molecule has 140 valence electrons. The Kier molecular flexibility index (Phi) is 5.22. The van der Waals surface area contributed by atoms with Gasteiger partial charge in [0.05, 0.1) is 17.8 Å². The second-order valence-corrected chi connectivity index (χ2v) is 6.82. The molecule has 1 aliphatic heterocycles. The topological polar surface area (TPSA) is 78.3 Å². The third-order valence-electron chi connectivity index (χ3n) is 4.48. The van der Waals surface area contributed by atoms with Gasteiger partial charge in [0.1, 0.15) is 17.1 Å². The Morgan fingerprint density at radius 3 is 3.11 bits per heavy atom. The van der Waals surface area contributed by atoms with E-state index in [0.717, 1.165) is 31.6 Å². The third kappa shape index (κ3) is 4.04. The Morgan fingerprint density at radius 1 is 1.33 bits per heavy atom. The van der Waals surface area contributed by atoms with E-state index in [1.807, 2.05) is 6.07 Å². The lowest BCUT2D eigenvalue weighted by Crippen LogP contribution is -2.23. The highest BCUT2D eigenvalue weighted by molar-refractivity contribution is 6.35. The quantitative estimate of drug-likeness (QED) is 0.704. The molecule has 1 unspecified atom stereocenters. The normalized spacial score (nSPS) is 16.6. The van der Waals surface area contributed by atoms with Crippen molar-refractivity contribution < 1.29 is 14.3 Å². The minimum Gasteiger partial charge on any atom is -0.481 e. The fourth-order valence-corrected chi connectivity index (χ4v) is 3.32. The van der Waals surface area contributed by atoms with E-state index in [-0.39, 0.29) is 12.5 Å². The molecule has 1 aliphatic rings. The molecule has 0 radical (unpaired) electrons. The molecule has 1 N–H and O–H groups in total. The van der Waals surface area contributed by atoms with Crippen LogP contribution in [0.2, 0.25) is 5.02 Å². The molecule has 0 saturated carbocycles. The molecule has 1 atom stereocenters. The van der Waals surface area contributed by atoms with Crippen molar-refractivity contribution >= 4 is 34.2 Å². The molecule has 1 amide bonds. The van der Waals surface area contributed by atoms with Crippen molar-refractivity contribution in [1.82, 2.24) is 14.8 Å². The number of nitrogens with one attached hydrogen (secondary N) is 1. The van der Waals surface area contributed by atoms with Gasteiger partial charge in [-0.05, 0) is 30.7 Å². The lowest BCUT2D eigenvalue weighted by atomic mass is 10.1. The summed E-state index contributed by atoms with van der Waals surface area (Å²) in [5, 5.41) is 8.50. The minimum absolute atomic E-state index is 0.134. The van der Waals surface area contributed by atoms with Crippen LogP contribution in [0.4, 0.5) is 5.82 Å². The van der Waals surface area contributed by atoms with E-state index in [9.17, 15) is 4.79 Å². The van der Waals surface area contributed by atoms with Crippen molar-refractivity contribution in [1.29, 1.82) is 0 Å². The number of benzene rings is 1. The number of anilines is 1. The summed E-state index contributed by atoms with van der Waals surface area (Å²) in [6.45, 7) is 2.10. The van der Waals surface area contributed by atoms with Crippen molar-refractivity contribution in [3.8, 4) is 5.75 Å². The van der Waals surface area contributed by atoms with E-state index >= 15 is 0 Å². The van der Waals surface area contributed by atoms with Crippen molar-refractivity contribution in [2.24, 2.45) is 5.92 Å². The van der Waals surface area contributed by atoms with E-state index in [1.165, 1.54) is 0 Å². The first-order chi connectivity index (χ1) is 13.2. The lowest BCUT2D eigenvalue weighted by molar-refractivity contribution is -0.118. The van der Waals surface area contributed by atoms with Gasteiger partial charge in [-0.2, -0.15) is 5.10 Å². The van der Waals surface area contributed by atoms with Crippen molar-refractivity contribution in [3.05, 3.63) is 47.7 Å². The second-order valence-electron chi connectivity index (χ2n) is 6.41. The summed E-state index contributed by atoms with van der Waals surface area (Å²) in [6, 6.07) is 8.89. The average Bonchev–Trinajstić information content (AvgIpc) is 3.34. The Morgan fingerprint density at radius 2 is 2.26 bits per heavy atom.